The summed E-state index contributed by atoms with van der Waals surface area (Å²) in [7, 11) is 0. The van der Waals surface area contributed by atoms with E-state index < -0.39 is 0 Å². The lowest BCUT2D eigenvalue weighted by molar-refractivity contribution is -0.122. The van der Waals surface area contributed by atoms with Gasteiger partial charge < -0.3 is 16.1 Å². The Morgan fingerprint density at radius 1 is 1.47 bits per heavy atom. The second-order valence-electron chi connectivity index (χ2n) is 4.63. The van der Waals surface area contributed by atoms with Gasteiger partial charge in [-0.2, -0.15) is 0 Å². The molecule has 1 unspecified atom stereocenters. The number of rotatable bonds is 5. The van der Waals surface area contributed by atoms with Crippen molar-refractivity contribution in [2.45, 2.75) is 38.6 Å². The van der Waals surface area contributed by atoms with Crippen LogP contribution in [0.1, 0.15) is 32.0 Å². The highest BCUT2D eigenvalue weighted by Gasteiger charge is 2.18. The SMILES string of the molecule is CCCc1nc(NN)cc(NC2CCC(=O)NC2)n1. The summed E-state index contributed by atoms with van der Waals surface area (Å²) in [6.45, 7) is 2.70. The fourth-order valence-electron chi connectivity index (χ4n) is 2.05. The van der Waals surface area contributed by atoms with Crippen LogP contribution in [0.4, 0.5) is 11.6 Å². The fraction of sp³-hybridized carbons (Fsp3) is 0.583. The molecule has 7 heteroatoms. The van der Waals surface area contributed by atoms with Gasteiger partial charge in [0.05, 0.1) is 0 Å². The van der Waals surface area contributed by atoms with Crippen LogP contribution in [0.25, 0.3) is 0 Å². The van der Waals surface area contributed by atoms with Crippen LogP contribution in [0.3, 0.4) is 0 Å². The van der Waals surface area contributed by atoms with Crippen LogP contribution in [-0.2, 0) is 11.2 Å². The van der Waals surface area contributed by atoms with Crippen LogP contribution in [-0.4, -0.2) is 28.5 Å². The third-order valence-electron chi connectivity index (χ3n) is 3.01. The summed E-state index contributed by atoms with van der Waals surface area (Å²) in [4.78, 5) is 19.9. The Balaban J connectivity index is 2.06. The van der Waals surface area contributed by atoms with Crippen molar-refractivity contribution in [3.05, 3.63) is 11.9 Å². The van der Waals surface area contributed by atoms with Gasteiger partial charge in [0, 0.05) is 31.5 Å². The Hall–Kier alpha value is -1.89. The number of hydrogen-bond acceptors (Lipinski definition) is 6. The number of hydrogen-bond donors (Lipinski definition) is 4. The summed E-state index contributed by atoms with van der Waals surface area (Å²) in [5.41, 5.74) is 2.55. The van der Waals surface area contributed by atoms with Gasteiger partial charge in [0.25, 0.3) is 0 Å². The molecule has 1 aliphatic heterocycles. The zero-order valence-corrected chi connectivity index (χ0v) is 11.1. The van der Waals surface area contributed by atoms with Crippen molar-refractivity contribution in [3.63, 3.8) is 0 Å². The Morgan fingerprint density at radius 2 is 2.26 bits per heavy atom. The number of hydrazine groups is 1. The van der Waals surface area contributed by atoms with E-state index in [1.54, 1.807) is 6.07 Å². The number of nitrogens with zero attached hydrogens (tertiary/aromatic N) is 2. The lowest BCUT2D eigenvalue weighted by Crippen LogP contribution is -2.42. The monoisotopic (exact) mass is 264 g/mol. The first-order valence-electron chi connectivity index (χ1n) is 6.59. The maximum atomic E-state index is 11.1. The number of nitrogen functional groups attached to an aromatic ring is 1. The number of carbonyl (C=O) groups is 1. The van der Waals surface area contributed by atoms with Crippen LogP contribution >= 0.6 is 0 Å². The van der Waals surface area contributed by atoms with Crippen molar-refractivity contribution in [1.82, 2.24) is 15.3 Å². The molecule has 0 aliphatic carbocycles. The van der Waals surface area contributed by atoms with Gasteiger partial charge in [0.1, 0.15) is 17.5 Å². The molecule has 0 spiro atoms. The van der Waals surface area contributed by atoms with Crippen molar-refractivity contribution >= 4 is 17.5 Å². The van der Waals surface area contributed by atoms with Gasteiger partial charge in [0.2, 0.25) is 5.91 Å². The minimum atomic E-state index is 0.108. The van der Waals surface area contributed by atoms with Gasteiger partial charge in [0.15, 0.2) is 0 Å². The molecule has 1 atom stereocenters. The maximum Gasteiger partial charge on any atom is 0.220 e. The quantitative estimate of drug-likeness (QED) is 0.453. The molecule has 0 saturated carbocycles. The van der Waals surface area contributed by atoms with Crippen LogP contribution in [0.15, 0.2) is 6.07 Å². The van der Waals surface area contributed by atoms with Gasteiger partial charge in [-0.3, -0.25) is 4.79 Å². The summed E-state index contributed by atoms with van der Waals surface area (Å²) < 4.78 is 0. The van der Waals surface area contributed by atoms with Crippen molar-refractivity contribution in [2.24, 2.45) is 5.84 Å². The summed E-state index contributed by atoms with van der Waals surface area (Å²) in [5.74, 6) is 7.62. The number of piperidine rings is 1. The smallest absolute Gasteiger partial charge is 0.220 e. The lowest BCUT2D eigenvalue weighted by Gasteiger charge is -2.24. The van der Waals surface area contributed by atoms with Crippen LogP contribution in [0, 0.1) is 0 Å². The molecular weight excluding hydrogens is 244 g/mol. The predicted octanol–water partition coefficient (Wildman–Crippen LogP) is 0.405. The summed E-state index contributed by atoms with van der Waals surface area (Å²) in [6.07, 6.45) is 3.15. The largest absolute Gasteiger partial charge is 0.365 e. The van der Waals surface area contributed by atoms with E-state index in [0.29, 0.717) is 18.8 Å². The highest BCUT2D eigenvalue weighted by atomic mass is 16.1. The number of carbonyl (C=O) groups excluding carboxylic acids is 1. The van der Waals surface area contributed by atoms with E-state index in [1.165, 1.54) is 0 Å². The first kappa shape index (κ1) is 13.5. The zero-order valence-electron chi connectivity index (χ0n) is 11.1. The third kappa shape index (κ3) is 3.78. The second kappa shape index (κ2) is 6.33. The van der Waals surface area contributed by atoms with Gasteiger partial charge >= 0.3 is 0 Å². The Morgan fingerprint density at radius 3 is 2.89 bits per heavy atom. The molecule has 1 saturated heterocycles. The summed E-state index contributed by atoms with van der Waals surface area (Å²) >= 11 is 0. The number of amides is 1. The highest BCUT2D eigenvalue weighted by Crippen LogP contribution is 2.15. The van der Waals surface area contributed by atoms with Crippen molar-refractivity contribution in [1.29, 1.82) is 0 Å². The van der Waals surface area contributed by atoms with Crippen LogP contribution in [0.5, 0.6) is 0 Å². The molecular formula is C12H20N6O. The van der Waals surface area contributed by atoms with E-state index in [2.05, 4.69) is 33.0 Å². The number of anilines is 2. The van der Waals surface area contributed by atoms with Crippen LogP contribution in [0.2, 0.25) is 0 Å². The molecule has 19 heavy (non-hydrogen) atoms. The first-order chi connectivity index (χ1) is 9.21. The molecule has 2 heterocycles. The molecule has 7 nitrogen and oxygen atoms in total. The molecule has 104 valence electrons. The Labute approximate surface area is 112 Å². The molecule has 0 aromatic carbocycles. The normalized spacial score (nSPS) is 18.8. The molecule has 5 N–H and O–H groups in total. The van der Waals surface area contributed by atoms with E-state index in [-0.39, 0.29) is 11.9 Å². The highest BCUT2D eigenvalue weighted by molar-refractivity contribution is 5.77. The predicted molar refractivity (Wildman–Crippen MR) is 73.5 cm³/mol. The third-order valence-corrected chi connectivity index (χ3v) is 3.01. The number of nitrogens with one attached hydrogen (secondary N) is 3. The maximum absolute atomic E-state index is 11.1. The van der Waals surface area contributed by atoms with E-state index >= 15 is 0 Å². The van der Waals surface area contributed by atoms with Gasteiger partial charge in [-0.05, 0) is 12.8 Å². The molecule has 2 rings (SSSR count). The standard InChI is InChI=1S/C12H20N6O/c1-2-3-9-16-10(6-11(17-9)18-13)15-8-4-5-12(19)14-7-8/h6,8H,2-5,7,13H2,1H3,(H,14,19)(H2,15,16,17,18). The van der Waals surface area contributed by atoms with Gasteiger partial charge in [-0.1, -0.05) is 6.92 Å². The molecule has 1 aromatic heterocycles. The second-order valence-corrected chi connectivity index (χ2v) is 4.63. The van der Waals surface area contributed by atoms with E-state index in [9.17, 15) is 4.79 Å². The average Bonchev–Trinajstić information content (AvgIpc) is 2.41. The van der Waals surface area contributed by atoms with Gasteiger partial charge in [-0.15, -0.1) is 0 Å². The van der Waals surface area contributed by atoms with E-state index in [1.807, 2.05) is 0 Å². The summed E-state index contributed by atoms with van der Waals surface area (Å²) in [5, 5.41) is 6.15. The van der Waals surface area contributed by atoms with Crippen molar-refractivity contribution < 1.29 is 4.79 Å². The average molecular weight is 264 g/mol. The molecule has 1 fully saturated rings. The number of aromatic nitrogens is 2. The summed E-state index contributed by atoms with van der Waals surface area (Å²) in [6, 6.07) is 1.97. The van der Waals surface area contributed by atoms with E-state index in [4.69, 9.17) is 5.84 Å². The fourth-order valence-corrected chi connectivity index (χ4v) is 2.05. The molecule has 0 bridgehead atoms. The van der Waals surface area contributed by atoms with Crippen LogP contribution < -0.4 is 21.9 Å². The van der Waals surface area contributed by atoms with Crippen molar-refractivity contribution in [3.8, 4) is 0 Å². The topological polar surface area (TPSA) is 105 Å². The number of aryl methyl sites for hydroxylation is 1. The minimum absolute atomic E-state index is 0.108. The molecule has 1 amide bonds. The minimum Gasteiger partial charge on any atom is -0.365 e. The van der Waals surface area contributed by atoms with Crippen molar-refractivity contribution in [2.75, 3.05) is 17.3 Å². The zero-order chi connectivity index (χ0) is 13.7. The molecule has 0 radical (unpaired) electrons. The Kier molecular flexibility index (Phi) is 4.51. The molecule has 1 aliphatic rings. The number of nitrogens with two attached hydrogens (primary N) is 1. The van der Waals surface area contributed by atoms with Gasteiger partial charge in [-0.25, -0.2) is 15.8 Å². The lowest BCUT2D eigenvalue weighted by atomic mass is 10.1. The molecule has 1 aromatic rings. The first-order valence-corrected chi connectivity index (χ1v) is 6.59. The Bertz CT molecular complexity index is 440. The van der Waals surface area contributed by atoms with E-state index in [0.717, 1.165) is 30.9 Å².